The van der Waals surface area contributed by atoms with Crippen molar-refractivity contribution in [3.8, 4) is 5.75 Å². The van der Waals surface area contributed by atoms with Gasteiger partial charge >= 0.3 is 0 Å². The molecule has 0 aliphatic carbocycles. The van der Waals surface area contributed by atoms with Crippen LogP contribution >= 0.6 is 11.6 Å². The molecule has 1 unspecified atom stereocenters. The molecule has 1 amide bonds. The first-order chi connectivity index (χ1) is 11.5. The van der Waals surface area contributed by atoms with Crippen LogP contribution in [0.1, 0.15) is 23.7 Å². The standard InChI is InChI=1S/C19H22ClNO3/c1-21(13-18(22)15-7-5-8-16(12-15)24-2)19(23)11-10-14-6-3-4-9-17(14)20/h3-9,12,18,22H,10-11,13H2,1-2H3. The number of aliphatic hydroxyl groups is 1. The Morgan fingerprint density at radius 2 is 2.00 bits per heavy atom. The zero-order chi connectivity index (χ0) is 17.5. The molecular weight excluding hydrogens is 326 g/mol. The SMILES string of the molecule is COc1cccc(C(O)CN(C)C(=O)CCc2ccccc2Cl)c1. The smallest absolute Gasteiger partial charge is 0.222 e. The minimum atomic E-state index is -0.755. The van der Waals surface area contributed by atoms with Crippen LogP contribution in [0.4, 0.5) is 0 Å². The Bertz CT molecular complexity index is 690. The van der Waals surface area contributed by atoms with Crippen LogP contribution in [0, 0.1) is 0 Å². The fraction of sp³-hybridized carbons (Fsp3) is 0.316. The molecule has 5 heteroatoms. The summed E-state index contributed by atoms with van der Waals surface area (Å²) in [6.45, 7) is 0.231. The minimum Gasteiger partial charge on any atom is -0.497 e. The molecule has 2 aromatic rings. The van der Waals surface area contributed by atoms with Crippen LogP contribution in [0.15, 0.2) is 48.5 Å². The third kappa shape index (κ3) is 4.98. The molecule has 24 heavy (non-hydrogen) atoms. The normalized spacial score (nSPS) is 11.8. The second kappa shape index (κ2) is 8.71. The monoisotopic (exact) mass is 347 g/mol. The predicted molar refractivity (Wildman–Crippen MR) is 95.4 cm³/mol. The summed E-state index contributed by atoms with van der Waals surface area (Å²) >= 11 is 6.10. The summed E-state index contributed by atoms with van der Waals surface area (Å²) < 4.78 is 5.15. The van der Waals surface area contributed by atoms with Crippen molar-refractivity contribution < 1.29 is 14.6 Å². The highest BCUT2D eigenvalue weighted by atomic mass is 35.5. The number of nitrogens with zero attached hydrogens (tertiary/aromatic N) is 1. The van der Waals surface area contributed by atoms with Crippen molar-refractivity contribution in [1.29, 1.82) is 0 Å². The summed E-state index contributed by atoms with van der Waals surface area (Å²) in [6, 6.07) is 14.7. The largest absolute Gasteiger partial charge is 0.497 e. The molecule has 1 atom stereocenters. The fourth-order valence-corrected chi connectivity index (χ4v) is 2.68. The zero-order valence-corrected chi connectivity index (χ0v) is 14.7. The maximum Gasteiger partial charge on any atom is 0.222 e. The molecule has 4 nitrogen and oxygen atoms in total. The van der Waals surface area contributed by atoms with Crippen LogP contribution < -0.4 is 4.74 Å². The maximum absolute atomic E-state index is 12.3. The van der Waals surface area contributed by atoms with Crippen molar-refractivity contribution in [3.05, 3.63) is 64.7 Å². The van der Waals surface area contributed by atoms with E-state index in [-0.39, 0.29) is 12.5 Å². The van der Waals surface area contributed by atoms with E-state index in [0.29, 0.717) is 23.6 Å². The number of aryl methyl sites for hydroxylation is 1. The first kappa shape index (κ1) is 18.3. The van der Waals surface area contributed by atoms with Gasteiger partial charge < -0.3 is 14.7 Å². The van der Waals surface area contributed by atoms with Crippen molar-refractivity contribution in [2.75, 3.05) is 20.7 Å². The number of hydrogen-bond acceptors (Lipinski definition) is 3. The lowest BCUT2D eigenvalue weighted by atomic mass is 10.1. The first-order valence-electron chi connectivity index (χ1n) is 7.80. The van der Waals surface area contributed by atoms with E-state index in [1.165, 1.54) is 0 Å². The summed E-state index contributed by atoms with van der Waals surface area (Å²) in [6.07, 6.45) is 0.178. The Kier molecular flexibility index (Phi) is 6.64. The highest BCUT2D eigenvalue weighted by molar-refractivity contribution is 6.31. The number of hydrogen-bond donors (Lipinski definition) is 1. The van der Waals surface area contributed by atoms with E-state index in [9.17, 15) is 9.90 Å². The highest BCUT2D eigenvalue weighted by Crippen LogP contribution is 2.20. The first-order valence-corrected chi connectivity index (χ1v) is 8.18. The molecule has 2 rings (SSSR count). The van der Waals surface area contributed by atoms with Crippen LogP contribution in [-0.2, 0) is 11.2 Å². The van der Waals surface area contributed by atoms with E-state index < -0.39 is 6.10 Å². The van der Waals surface area contributed by atoms with Gasteiger partial charge in [0, 0.05) is 18.5 Å². The van der Waals surface area contributed by atoms with E-state index in [2.05, 4.69) is 0 Å². The third-order valence-electron chi connectivity index (χ3n) is 3.92. The van der Waals surface area contributed by atoms with E-state index in [0.717, 1.165) is 11.1 Å². The van der Waals surface area contributed by atoms with Gasteiger partial charge in [0.1, 0.15) is 5.75 Å². The Morgan fingerprint density at radius 1 is 1.25 bits per heavy atom. The maximum atomic E-state index is 12.3. The summed E-state index contributed by atoms with van der Waals surface area (Å²) in [5.41, 5.74) is 1.68. The van der Waals surface area contributed by atoms with Gasteiger partial charge in [-0.25, -0.2) is 0 Å². The van der Waals surface area contributed by atoms with Gasteiger partial charge in [0.15, 0.2) is 0 Å². The summed E-state index contributed by atoms with van der Waals surface area (Å²) in [7, 11) is 3.27. The molecule has 0 saturated carbocycles. The van der Waals surface area contributed by atoms with Gasteiger partial charge in [-0.1, -0.05) is 41.9 Å². The number of carbonyl (C=O) groups excluding carboxylic acids is 1. The molecule has 0 aliphatic heterocycles. The Balaban J connectivity index is 1.89. The van der Waals surface area contributed by atoms with E-state index in [4.69, 9.17) is 16.3 Å². The highest BCUT2D eigenvalue weighted by Gasteiger charge is 2.16. The number of ether oxygens (including phenoxy) is 1. The molecular formula is C19H22ClNO3. The molecule has 0 radical (unpaired) electrons. The summed E-state index contributed by atoms with van der Waals surface area (Å²) in [4.78, 5) is 13.8. The number of benzene rings is 2. The van der Waals surface area contributed by atoms with Crippen molar-refractivity contribution in [2.24, 2.45) is 0 Å². The van der Waals surface area contributed by atoms with Crippen molar-refractivity contribution in [2.45, 2.75) is 18.9 Å². The summed E-state index contributed by atoms with van der Waals surface area (Å²) in [5, 5.41) is 11.0. The quantitative estimate of drug-likeness (QED) is 0.834. The van der Waals surface area contributed by atoms with Gasteiger partial charge in [-0.15, -0.1) is 0 Å². The second-order valence-electron chi connectivity index (χ2n) is 5.66. The average Bonchev–Trinajstić information content (AvgIpc) is 2.60. The fourth-order valence-electron chi connectivity index (χ4n) is 2.45. The molecule has 1 N–H and O–H groups in total. The van der Waals surface area contributed by atoms with E-state index in [1.54, 1.807) is 25.1 Å². The molecule has 0 spiro atoms. The lowest BCUT2D eigenvalue weighted by molar-refractivity contribution is -0.131. The zero-order valence-electron chi connectivity index (χ0n) is 13.9. The van der Waals surface area contributed by atoms with Gasteiger partial charge in [-0.2, -0.15) is 0 Å². The molecule has 2 aromatic carbocycles. The second-order valence-corrected chi connectivity index (χ2v) is 6.07. The minimum absolute atomic E-state index is 0.0307. The van der Waals surface area contributed by atoms with Crippen LogP contribution in [-0.4, -0.2) is 36.6 Å². The Labute approximate surface area is 147 Å². The number of amides is 1. The van der Waals surface area contributed by atoms with Gasteiger partial charge in [0.05, 0.1) is 19.8 Å². The summed E-state index contributed by atoms with van der Waals surface area (Å²) in [5.74, 6) is 0.649. The van der Waals surface area contributed by atoms with Gasteiger partial charge in [-0.3, -0.25) is 4.79 Å². The third-order valence-corrected chi connectivity index (χ3v) is 4.29. The molecule has 0 aliphatic rings. The lowest BCUT2D eigenvalue weighted by Gasteiger charge is -2.21. The van der Waals surface area contributed by atoms with E-state index in [1.807, 2.05) is 42.5 Å². The number of halogens is 1. The molecule has 0 fully saturated rings. The number of methoxy groups -OCH3 is 1. The Morgan fingerprint density at radius 3 is 2.71 bits per heavy atom. The van der Waals surface area contributed by atoms with Crippen LogP contribution in [0.3, 0.4) is 0 Å². The van der Waals surface area contributed by atoms with Gasteiger partial charge in [-0.05, 0) is 35.7 Å². The molecule has 128 valence electrons. The number of likely N-dealkylation sites (N-methyl/N-ethyl adjacent to an activating group) is 1. The lowest BCUT2D eigenvalue weighted by Crippen LogP contribution is -2.31. The van der Waals surface area contributed by atoms with Crippen molar-refractivity contribution >= 4 is 17.5 Å². The van der Waals surface area contributed by atoms with Crippen LogP contribution in [0.2, 0.25) is 5.02 Å². The molecule has 0 bridgehead atoms. The van der Waals surface area contributed by atoms with Gasteiger partial charge in [0.25, 0.3) is 0 Å². The number of carbonyl (C=O) groups is 1. The van der Waals surface area contributed by atoms with Gasteiger partial charge in [0.2, 0.25) is 5.91 Å². The topological polar surface area (TPSA) is 49.8 Å². The average molecular weight is 348 g/mol. The van der Waals surface area contributed by atoms with Crippen LogP contribution in [0.5, 0.6) is 5.75 Å². The Hall–Kier alpha value is -2.04. The van der Waals surface area contributed by atoms with Crippen molar-refractivity contribution in [1.82, 2.24) is 4.90 Å². The molecule has 0 saturated heterocycles. The predicted octanol–water partition coefficient (Wildman–Crippen LogP) is 3.47. The number of rotatable bonds is 7. The molecule has 0 heterocycles. The van der Waals surface area contributed by atoms with Crippen LogP contribution in [0.25, 0.3) is 0 Å². The molecule has 0 aromatic heterocycles. The van der Waals surface area contributed by atoms with E-state index >= 15 is 0 Å². The van der Waals surface area contributed by atoms with Crippen molar-refractivity contribution in [3.63, 3.8) is 0 Å². The number of aliphatic hydroxyl groups excluding tert-OH is 1.